The number of carbonyl (C=O) groups excluding carboxylic acids is 1. The predicted molar refractivity (Wildman–Crippen MR) is 68.2 cm³/mol. The Kier molecular flexibility index (Phi) is 5.15. The van der Waals surface area contributed by atoms with E-state index in [4.69, 9.17) is 11.6 Å². The summed E-state index contributed by atoms with van der Waals surface area (Å²) in [7, 11) is 1.78. The zero-order chi connectivity index (χ0) is 12.8. The van der Waals surface area contributed by atoms with Gasteiger partial charge in [-0.3, -0.25) is 4.79 Å². The van der Waals surface area contributed by atoms with Crippen LogP contribution < -0.4 is 10.2 Å². The average molecular weight is 257 g/mol. The number of carbonyl (C=O) groups is 1. The number of rotatable bonds is 5. The van der Waals surface area contributed by atoms with Crippen LogP contribution >= 0.6 is 11.6 Å². The molecule has 0 spiro atoms. The largest absolute Gasteiger partial charge is 0.354 e. The topological polar surface area (TPSA) is 58.1 Å². The molecule has 0 aliphatic carbocycles. The van der Waals surface area contributed by atoms with Crippen LogP contribution in [0, 0.1) is 5.92 Å². The molecule has 0 saturated carbocycles. The summed E-state index contributed by atoms with van der Waals surface area (Å²) in [5.74, 6) is 1.03. The smallest absolute Gasteiger partial charge is 0.239 e. The van der Waals surface area contributed by atoms with Crippen molar-refractivity contribution in [3.05, 3.63) is 17.3 Å². The highest BCUT2D eigenvalue weighted by atomic mass is 35.5. The van der Waals surface area contributed by atoms with Crippen LogP contribution in [-0.4, -0.2) is 36.2 Å². The van der Waals surface area contributed by atoms with E-state index in [1.807, 2.05) is 0 Å². The van der Waals surface area contributed by atoms with Gasteiger partial charge < -0.3 is 10.2 Å². The summed E-state index contributed by atoms with van der Waals surface area (Å²) in [6.07, 6.45) is 0. The summed E-state index contributed by atoms with van der Waals surface area (Å²) in [5, 5.41) is 10.8. The highest BCUT2D eigenvalue weighted by molar-refractivity contribution is 6.29. The molecule has 0 fully saturated rings. The van der Waals surface area contributed by atoms with Crippen LogP contribution in [0.2, 0.25) is 5.15 Å². The third-order valence-corrected chi connectivity index (χ3v) is 2.30. The second-order valence-corrected chi connectivity index (χ2v) is 4.66. The van der Waals surface area contributed by atoms with Gasteiger partial charge in [-0.25, -0.2) is 0 Å². The molecule has 1 aromatic rings. The van der Waals surface area contributed by atoms with Crippen LogP contribution in [0.1, 0.15) is 13.8 Å². The summed E-state index contributed by atoms with van der Waals surface area (Å²) in [4.78, 5) is 13.3. The van der Waals surface area contributed by atoms with E-state index in [0.29, 0.717) is 23.4 Å². The molecule has 0 aliphatic rings. The van der Waals surface area contributed by atoms with Crippen molar-refractivity contribution >= 4 is 23.3 Å². The van der Waals surface area contributed by atoms with Crippen LogP contribution in [0.5, 0.6) is 0 Å². The number of hydrogen-bond donors (Lipinski definition) is 1. The lowest BCUT2D eigenvalue weighted by Gasteiger charge is -2.17. The number of hydrogen-bond acceptors (Lipinski definition) is 4. The van der Waals surface area contributed by atoms with Gasteiger partial charge >= 0.3 is 0 Å². The Morgan fingerprint density at radius 3 is 2.71 bits per heavy atom. The molecule has 1 N–H and O–H groups in total. The molecule has 5 nitrogen and oxygen atoms in total. The van der Waals surface area contributed by atoms with Crippen molar-refractivity contribution in [3.8, 4) is 0 Å². The predicted octanol–water partition coefficient (Wildman–Crippen LogP) is 1.34. The Morgan fingerprint density at radius 1 is 1.47 bits per heavy atom. The maximum absolute atomic E-state index is 11.6. The van der Waals surface area contributed by atoms with Crippen molar-refractivity contribution in [1.82, 2.24) is 15.5 Å². The zero-order valence-corrected chi connectivity index (χ0v) is 11.0. The van der Waals surface area contributed by atoms with E-state index in [2.05, 4.69) is 29.4 Å². The minimum atomic E-state index is -0.0297. The number of halogens is 1. The number of nitrogens with zero attached hydrogens (tertiary/aromatic N) is 3. The van der Waals surface area contributed by atoms with E-state index < -0.39 is 0 Å². The Labute approximate surface area is 106 Å². The van der Waals surface area contributed by atoms with E-state index in [-0.39, 0.29) is 12.5 Å². The lowest BCUT2D eigenvalue weighted by atomic mass is 10.2. The summed E-state index contributed by atoms with van der Waals surface area (Å²) in [5.41, 5.74) is 0. The first-order valence-corrected chi connectivity index (χ1v) is 5.84. The molecule has 0 unspecified atom stereocenters. The quantitative estimate of drug-likeness (QED) is 0.864. The number of nitrogens with one attached hydrogen (secondary N) is 1. The summed E-state index contributed by atoms with van der Waals surface area (Å²) < 4.78 is 0. The fraction of sp³-hybridized carbons (Fsp3) is 0.545. The molecule has 1 rings (SSSR count). The highest BCUT2D eigenvalue weighted by Crippen LogP contribution is 2.09. The SMILES string of the molecule is CC(C)CNC(=O)CN(C)c1ccc(Cl)nn1. The number of likely N-dealkylation sites (N-methyl/N-ethyl adjacent to an activating group) is 1. The van der Waals surface area contributed by atoms with Gasteiger partial charge in [0.2, 0.25) is 5.91 Å². The molecule has 0 aliphatic heterocycles. The number of aromatic nitrogens is 2. The first-order valence-electron chi connectivity index (χ1n) is 5.46. The van der Waals surface area contributed by atoms with E-state index in [9.17, 15) is 4.79 Å². The normalized spacial score (nSPS) is 10.4. The van der Waals surface area contributed by atoms with Crippen molar-refractivity contribution in [2.24, 2.45) is 5.92 Å². The third kappa shape index (κ3) is 4.99. The number of amides is 1. The van der Waals surface area contributed by atoms with Gasteiger partial charge in [0.05, 0.1) is 6.54 Å². The van der Waals surface area contributed by atoms with Crippen LogP contribution in [0.3, 0.4) is 0 Å². The first-order chi connectivity index (χ1) is 7.99. The fourth-order valence-electron chi connectivity index (χ4n) is 1.18. The van der Waals surface area contributed by atoms with Gasteiger partial charge in [0, 0.05) is 13.6 Å². The van der Waals surface area contributed by atoms with Crippen LogP contribution in [0.25, 0.3) is 0 Å². The van der Waals surface area contributed by atoms with Crippen molar-refractivity contribution in [2.45, 2.75) is 13.8 Å². The second-order valence-electron chi connectivity index (χ2n) is 4.27. The zero-order valence-electron chi connectivity index (χ0n) is 10.3. The van der Waals surface area contributed by atoms with Crippen LogP contribution in [0.15, 0.2) is 12.1 Å². The molecule has 1 aromatic heterocycles. The van der Waals surface area contributed by atoms with Crippen molar-refractivity contribution in [2.75, 3.05) is 25.0 Å². The molecular weight excluding hydrogens is 240 g/mol. The van der Waals surface area contributed by atoms with Gasteiger partial charge in [0.25, 0.3) is 0 Å². The van der Waals surface area contributed by atoms with Crippen molar-refractivity contribution < 1.29 is 4.79 Å². The minimum absolute atomic E-state index is 0.0297. The maximum Gasteiger partial charge on any atom is 0.239 e. The lowest BCUT2D eigenvalue weighted by Crippen LogP contribution is -2.37. The van der Waals surface area contributed by atoms with Crippen molar-refractivity contribution in [1.29, 1.82) is 0 Å². The molecule has 1 heterocycles. The Bertz CT molecular complexity index is 366. The molecule has 6 heteroatoms. The number of anilines is 1. The third-order valence-electron chi connectivity index (χ3n) is 2.10. The lowest BCUT2D eigenvalue weighted by molar-refractivity contribution is -0.119. The summed E-state index contributed by atoms with van der Waals surface area (Å²) in [6, 6.07) is 3.37. The van der Waals surface area contributed by atoms with Gasteiger partial charge in [0.15, 0.2) is 11.0 Å². The van der Waals surface area contributed by atoms with Gasteiger partial charge in [-0.2, -0.15) is 0 Å². The van der Waals surface area contributed by atoms with E-state index in [1.165, 1.54) is 0 Å². The molecule has 0 bridgehead atoms. The highest BCUT2D eigenvalue weighted by Gasteiger charge is 2.09. The Balaban J connectivity index is 2.46. The van der Waals surface area contributed by atoms with Crippen molar-refractivity contribution in [3.63, 3.8) is 0 Å². The second kappa shape index (κ2) is 6.39. The molecular formula is C11H17ClN4O. The first kappa shape index (κ1) is 13.7. The minimum Gasteiger partial charge on any atom is -0.354 e. The molecule has 1 amide bonds. The molecule has 0 radical (unpaired) electrons. The monoisotopic (exact) mass is 256 g/mol. The molecule has 0 aromatic carbocycles. The van der Waals surface area contributed by atoms with E-state index in [0.717, 1.165) is 0 Å². The average Bonchev–Trinajstić information content (AvgIpc) is 2.27. The van der Waals surface area contributed by atoms with Gasteiger partial charge in [-0.1, -0.05) is 25.4 Å². The van der Waals surface area contributed by atoms with Crippen LogP contribution in [0.4, 0.5) is 5.82 Å². The summed E-state index contributed by atoms with van der Waals surface area (Å²) >= 11 is 5.64. The molecule has 0 saturated heterocycles. The summed E-state index contributed by atoms with van der Waals surface area (Å²) in [6.45, 7) is 5.03. The maximum atomic E-state index is 11.6. The molecule has 94 valence electrons. The fourth-order valence-corrected chi connectivity index (χ4v) is 1.28. The Morgan fingerprint density at radius 2 is 2.18 bits per heavy atom. The molecule has 0 atom stereocenters. The van der Waals surface area contributed by atoms with Gasteiger partial charge in [0.1, 0.15) is 0 Å². The molecule has 17 heavy (non-hydrogen) atoms. The van der Waals surface area contributed by atoms with Crippen LogP contribution in [-0.2, 0) is 4.79 Å². The standard InChI is InChI=1S/C11H17ClN4O/c1-8(2)6-13-11(17)7-16(3)10-5-4-9(12)14-15-10/h4-5,8H,6-7H2,1-3H3,(H,13,17). The Hall–Kier alpha value is -1.36. The van der Waals surface area contributed by atoms with Gasteiger partial charge in [-0.15, -0.1) is 10.2 Å². The van der Waals surface area contributed by atoms with Gasteiger partial charge in [-0.05, 0) is 18.1 Å². The van der Waals surface area contributed by atoms with E-state index >= 15 is 0 Å². The van der Waals surface area contributed by atoms with E-state index in [1.54, 1.807) is 24.1 Å².